The standard InChI is InChI=1S/C11H17ClN2/c1-9(2)11(12)8-14-7-10-4-3-5-13-6-10/h3-6,9,11,14H,7-8H2,1-2H3. The lowest BCUT2D eigenvalue weighted by Crippen LogP contribution is -2.26. The van der Waals surface area contributed by atoms with Crippen molar-refractivity contribution < 1.29 is 0 Å². The molecule has 0 amide bonds. The van der Waals surface area contributed by atoms with Crippen LogP contribution in [-0.4, -0.2) is 16.9 Å². The molecular formula is C11H17ClN2. The molecule has 0 saturated carbocycles. The van der Waals surface area contributed by atoms with Crippen molar-refractivity contribution in [2.45, 2.75) is 25.8 Å². The molecule has 78 valence electrons. The van der Waals surface area contributed by atoms with Crippen molar-refractivity contribution in [1.82, 2.24) is 10.3 Å². The molecule has 1 heterocycles. The summed E-state index contributed by atoms with van der Waals surface area (Å²) in [6.07, 6.45) is 3.65. The molecule has 0 saturated heterocycles. The van der Waals surface area contributed by atoms with E-state index < -0.39 is 0 Å². The Morgan fingerprint density at radius 2 is 2.29 bits per heavy atom. The Labute approximate surface area is 90.7 Å². The Kier molecular flexibility index (Phi) is 4.91. The maximum absolute atomic E-state index is 6.10. The second-order valence-electron chi connectivity index (χ2n) is 3.75. The van der Waals surface area contributed by atoms with Gasteiger partial charge in [-0.15, -0.1) is 11.6 Å². The zero-order valence-corrected chi connectivity index (χ0v) is 9.46. The molecule has 0 spiro atoms. The lowest BCUT2D eigenvalue weighted by Gasteiger charge is -2.13. The zero-order chi connectivity index (χ0) is 10.4. The van der Waals surface area contributed by atoms with Crippen LogP contribution in [0.3, 0.4) is 0 Å². The van der Waals surface area contributed by atoms with Gasteiger partial charge in [0.2, 0.25) is 0 Å². The molecule has 1 aromatic heterocycles. The summed E-state index contributed by atoms with van der Waals surface area (Å²) in [6, 6.07) is 4.00. The number of pyridine rings is 1. The van der Waals surface area contributed by atoms with Crippen LogP contribution in [0.2, 0.25) is 0 Å². The molecular weight excluding hydrogens is 196 g/mol. The normalized spacial score (nSPS) is 13.1. The minimum atomic E-state index is 0.201. The summed E-state index contributed by atoms with van der Waals surface area (Å²) in [5, 5.41) is 3.51. The van der Waals surface area contributed by atoms with Gasteiger partial charge in [0, 0.05) is 30.9 Å². The van der Waals surface area contributed by atoms with E-state index >= 15 is 0 Å². The van der Waals surface area contributed by atoms with Gasteiger partial charge in [-0.2, -0.15) is 0 Å². The molecule has 0 fully saturated rings. The van der Waals surface area contributed by atoms with E-state index in [4.69, 9.17) is 11.6 Å². The van der Waals surface area contributed by atoms with Crippen molar-refractivity contribution in [1.29, 1.82) is 0 Å². The molecule has 0 aromatic carbocycles. The molecule has 1 N–H and O–H groups in total. The highest BCUT2D eigenvalue weighted by Crippen LogP contribution is 2.07. The highest BCUT2D eigenvalue weighted by atomic mass is 35.5. The summed E-state index contributed by atoms with van der Waals surface area (Å²) in [6.45, 7) is 5.94. The lowest BCUT2D eigenvalue weighted by atomic mass is 10.1. The average molecular weight is 213 g/mol. The molecule has 1 atom stereocenters. The number of halogens is 1. The molecule has 0 aliphatic heterocycles. The molecule has 1 aromatic rings. The van der Waals surface area contributed by atoms with Gasteiger partial charge in [0.25, 0.3) is 0 Å². The monoisotopic (exact) mass is 212 g/mol. The Morgan fingerprint density at radius 1 is 1.50 bits per heavy atom. The average Bonchev–Trinajstić information content (AvgIpc) is 2.19. The van der Waals surface area contributed by atoms with Crippen LogP contribution in [0.5, 0.6) is 0 Å². The summed E-state index contributed by atoms with van der Waals surface area (Å²) >= 11 is 6.10. The largest absolute Gasteiger partial charge is 0.311 e. The number of nitrogens with zero attached hydrogens (tertiary/aromatic N) is 1. The number of hydrogen-bond donors (Lipinski definition) is 1. The quantitative estimate of drug-likeness (QED) is 0.759. The second-order valence-corrected chi connectivity index (χ2v) is 4.31. The fraction of sp³-hybridized carbons (Fsp3) is 0.545. The fourth-order valence-corrected chi connectivity index (χ4v) is 1.20. The van der Waals surface area contributed by atoms with E-state index in [9.17, 15) is 0 Å². The maximum Gasteiger partial charge on any atom is 0.0483 e. The first kappa shape index (κ1) is 11.5. The van der Waals surface area contributed by atoms with E-state index in [1.165, 1.54) is 5.56 Å². The Balaban J connectivity index is 2.22. The van der Waals surface area contributed by atoms with Crippen molar-refractivity contribution in [2.24, 2.45) is 5.92 Å². The van der Waals surface area contributed by atoms with Crippen molar-refractivity contribution in [3.63, 3.8) is 0 Å². The van der Waals surface area contributed by atoms with Crippen LogP contribution in [-0.2, 0) is 6.54 Å². The molecule has 0 aliphatic carbocycles. The number of alkyl halides is 1. The Hall–Kier alpha value is -0.600. The van der Waals surface area contributed by atoms with Gasteiger partial charge in [-0.25, -0.2) is 0 Å². The maximum atomic E-state index is 6.10. The summed E-state index contributed by atoms with van der Waals surface area (Å²) < 4.78 is 0. The summed E-state index contributed by atoms with van der Waals surface area (Å²) in [5.41, 5.74) is 1.19. The van der Waals surface area contributed by atoms with Crippen molar-refractivity contribution in [2.75, 3.05) is 6.54 Å². The first-order valence-electron chi connectivity index (χ1n) is 4.94. The Bertz CT molecular complexity index is 249. The first-order chi connectivity index (χ1) is 6.70. The molecule has 14 heavy (non-hydrogen) atoms. The summed E-state index contributed by atoms with van der Waals surface area (Å²) in [7, 11) is 0. The van der Waals surface area contributed by atoms with Crippen LogP contribution in [0, 0.1) is 5.92 Å². The van der Waals surface area contributed by atoms with Crippen LogP contribution in [0.25, 0.3) is 0 Å². The lowest BCUT2D eigenvalue weighted by molar-refractivity contribution is 0.545. The third-order valence-electron chi connectivity index (χ3n) is 2.11. The summed E-state index contributed by atoms with van der Waals surface area (Å²) in [4.78, 5) is 4.04. The molecule has 0 radical (unpaired) electrons. The number of nitrogens with one attached hydrogen (secondary N) is 1. The van der Waals surface area contributed by atoms with Gasteiger partial charge >= 0.3 is 0 Å². The van der Waals surface area contributed by atoms with Crippen LogP contribution in [0.1, 0.15) is 19.4 Å². The Morgan fingerprint density at radius 3 is 2.86 bits per heavy atom. The van der Waals surface area contributed by atoms with Gasteiger partial charge in [-0.1, -0.05) is 19.9 Å². The smallest absolute Gasteiger partial charge is 0.0483 e. The van der Waals surface area contributed by atoms with Crippen LogP contribution >= 0.6 is 11.6 Å². The van der Waals surface area contributed by atoms with Crippen molar-refractivity contribution in [3.8, 4) is 0 Å². The van der Waals surface area contributed by atoms with Crippen molar-refractivity contribution >= 4 is 11.6 Å². The van der Waals surface area contributed by atoms with Gasteiger partial charge < -0.3 is 5.32 Å². The molecule has 3 heteroatoms. The predicted molar refractivity (Wildman–Crippen MR) is 60.4 cm³/mol. The third kappa shape index (κ3) is 4.07. The number of rotatable bonds is 5. The minimum absolute atomic E-state index is 0.201. The fourth-order valence-electron chi connectivity index (χ4n) is 1.09. The zero-order valence-electron chi connectivity index (χ0n) is 8.70. The second kappa shape index (κ2) is 5.99. The van der Waals surface area contributed by atoms with E-state index in [0.29, 0.717) is 5.92 Å². The first-order valence-corrected chi connectivity index (χ1v) is 5.37. The van der Waals surface area contributed by atoms with E-state index in [2.05, 4.69) is 30.2 Å². The topological polar surface area (TPSA) is 24.9 Å². The molecule has 0 bridgehead atoms. The predicted octanol–water partition coefficient (Wildman–Crippen LogP) is 2.43. The van der Waals surface area contributed by atoms with Gasteiger partial charge in [0.15, 0.2) is 0 Å². The van der Waals surface area contributed by atoms with Gasteiger partial charge in [-0.05, 0) is 17.5 Å². The van der Waals surface area contributed by atoms with Gasteiger partial charge in [0.05, 0.1) is 0 Å². The molecule has 1 unspecified atom stereocenters. The third-order valence-corrected chi connectivity index (χ3v) is 2.77. The molecule has 2 nitrogen and oxygen atoms in total. The van der Waals surface area contributed by atoms with E-state index in [1.807, 2.05) is 12.3 Å². The van der Waals surface area contributed by atoms with Crippen LogP contribution in [0.4, 0.5) is 0 Å². The highest BCUT2D eigenvalue weighted by molar-refractivity contribution is 6.20. The van der Waals surface area contributed by atoms with Crippen LogP contribution in [0.15, 0.2) is 24.5 Å². The van der Waals surface area contributed by atoms with E-state index in [0.717, 1.165) is 13.1 Å². The minimum Gasteiger partial charge on any atom is -0.311 e. The molecule has 1 rings (SSSR count). The highest BCUT2D eigenvalue weighted by Gasteiger charge is 2.07. The van der Waals surface area contributed by atoms with Crippen molar-refractivity contribution in [3.05, 3.63) is 30.1 Å². The summed E-state index contributed by atoms with van der Waals surface area (Å²) in [5.74, 6) is 0.512. The van der Waals surface area contributed by atoms with Gasteiger partial charge in [-0.3, -0.25) is 4.98 Å². The van der Waals surface area contributed by atoms with E-state index in [-0.39, 0.29) is 5.38 Å². The SMILES string of the molecule is CC(C)C(Cl)CNCc1cccnc1. The number of hydrogen-bond acceptors (Lipinski definition) is 2. The van der Waals surface area contributed by atoms with E-state index in [1.54, 1.807) is 6.20 Å². The van der Waals surface area contributed by atoms with Crippen LogP contribution < -0.4 is 5.32 Å². The molecule has 0 aliphatic rings. The van der Waals surface area contributed by atoms with Gasteiger partial charge in [0.1, 0.15) is 0 Å². The number of aromatic nitrogens is 1.